The zero-order valence-electron chi connectivity index (χ0n) is 10.9. The fraction of sp³-hybridized carbons (Fsp3) is 0.143. The van der Waals surface area contributed by atoms with Crippen LogP contribution in [0.3, 0.4) is 0 Å². The number of benzene rings is 2. The van der Waals surface area contributed by atoms with E-state index in [1.807, 2.05) is 25.1 Å². The molecule has 0 atom stereocenters. The largest absolute Gasteiger partial charge is 0.385 e. The van der Waals surface area contributed by atoms with Gasteiger partial charge in [0, 0.05) is 30.1 Å². The van der Waals surface area contributed by atoms with Gasteiger partial charge in [-0.3, -0.25) is 10.1 Å². The molecular weight excluding hydrogens is 278 g/mol. The van der Waals surface area contributed by atoms with Gasteiger partial charge in [0.1, 0.15) is 0 Å². The molecule has 0 amide bonds. The summed E-state index contributed by atoms with van der Waals surface area (Å²) in [5, 5.41) is 17.7. The molecule has 0 saturated carbocycles. The molecule has 0 saturated heterocycles. The lowest BCUT2D eigenvalue weighted by molar-refractivity contribution is -0.384. The third kappa shape index (κ3) is 3.39. The van der Waals surface area contributed by atoms with Crippen molar-refractivity contribution in [2.75, 3.05) is 17.2 Å². The fourth-order valence-corrected chi connectivity index (χ4v) is 2.00. The Hall–Kier alpha value is -2.27. The molecule has 0 spiro atoms. The molecule has 0 unspecified atom stereocenters. The highest BCUT2D eigenvalue weighted by atomic mass is 35.5. The maximum Gasteiger partial charge on any atom is 0.273 e. The van der Waals surface area contributed by atoms with Gasteiger partial charge in [-0.15, -0.1) is 0 Å². The lowest BCUT2D eigenvalue weighted by Crippen LogP contribution is -2.00. The fourth-order valence-electron chi connectivity index (χ4n) is 1.81. The number of non-ortho nitro benzene ring substituents is 1. The van der Waals surface area contributed by atoms with E-state index in [-0.39, 0.29) is 5.69 Å². The Bertz CT molecular complexity index is 632. The Balaban J connectivity index is 2.35. The van der Waals surface area contributed by atoms with E-state index in [0.717, 1.165) is 0 Å². The molecule has 20 heavy (non-hydrogen) atoms. The summed E-state index contributed by atoms with van der Waals surface area (Å²) in [4.78, 5) is 10.5. The first-order valence-electron chi connectivity index (χ1n) is 6.15. The van der Waals surface area contributed by atoms with Crippen LogP contribution in [0.5, 0.6) is 0 Å². The second-order valence-electron chi connectivity index (χ2n) is 4.16. The summed E-state index contributed by atoms with van der Waals surface area (Å²) in [6.45, 7) is 2.62. The molecule has 0 aliphatic carbocycles. The van der Waals surface area contributed by atoms with Crippen LogP contribution < -0.4 is 10.6 Å². The molecule has 104 valence electrons. The number of rotatable bonds is 5. The molecule has 0 aromatic heterocycles. The van der Waals surface area contributed by atoms with E-state index in [9.17, 15) is 10.1 Å². The second kappa shape index (κ2) is 6.25. The maximum atomic E-state index is 11.0. The van der Waals surface area contributed by atoms with Gasteiger partial charge in [0.2, 0.25) is 0 Å². The minimum absolute atomic E-state index is 0.0259. The molecule has 2 aromatic rings. The number of nitro groups is 1. The van der Waals surface area contributed by atoms with Crippen molar-refractivity contribution < 1.29 is 4.92 Å². The molecule has 0 radical (unpaired) electrons. The van der Waals surface area contributed by atoms with Crippen molar-refractivity contribution in [2.45, 2.75) is 6.92 Å². The van der Waals surface area contributed by atoms with Crippen LogP contribution in [0.2, 0.25) is 5.02 Å². The summed E-state index contributed by atoms with van der Waals surface area (Å²) in [7, 11) is 0. The van der Waals surface area contributed by atoms with E-state index >= 15 is 0 Å². The zero-order chi connectivity index (χ0) is 14.5. The van der Waals surface area contributed by atoms with Gasteiger partial charge in [-0.05, 0) is 25.1 Å². The number of hydrogen-bond donors (Lipinski definition) is 2. The number of anilines is 3. The zero-order valence-corrected chi connectivity index (χ0v) is 11.6. The topological polar surface area (TPSA) is 67.2 Å². The quantitative estimate of drug-likeness (QED) is 0.632. The van der Waals surface area contributed by atoms with Crippen molar-refractivity contribution in [3.63, 3.8) is 0 Å². The molecule has 2 N–H and O–H groups in total. The maximum absolute atomic E-state index is 11.0. The van der Waals surface area contributed by atoms with Gasteiger partial charge in [-0.25, -0.2) is 0 Å². The summed E-state index contributed by atoms with van der Waals surface area (Å²) in [5.41, 5.74) is 2.04. The van der Waals surface area contributed by atoms with Crippen LogP contribution in [-0.4, -0.2) is 11.5 Å². The number of para-hydroxylation sites is 1. The van der Waals surface area contributed by atoms with Gasteiger partial charge in [0.15, 0.2) is 0 Å². The Morgan fingerprint density at radius 1 is 1.20 bits per heavy atom. The van der Waals surface area contributed by atoms with Gasteiger partial charge >= 0.3 is 0 Å². The highest BCUT2D eigenvalue weighted by molar-refractivity contribution is 6.33. The average Bonchev–Trinajstić information content (AvgIpc) is 2.41. The van der Waals surface area contributed by atoms with Gasteiger partial charge in [0.05, 0.1) is 15.6 Å². The van der Waals surface area contributed by atoms with Crippen molar-refractivity contribution in [3.8, 4) is 0 Å². The van der Waals surface area contributed by atoms with Crippen molar-refractivity contribution in [1.29, 1.82) is 0 Å². The summed E-state index contributed by atoms with van der Waals surface area (Å²) >= 11 is 6.07. The molecule has 0 aliphatic rings. The Morgan fingerprint density at radius 3 is 2.55 bits per heavy atom. The van der Waals surface area contributed by atoms with E-state index in [0.29, 0.717) is 28.6 Å². The highest BCUT2D eigenvalue weighted by Gasteiger charge is 2.10. The van der Waals surface area contributed by atoms with Gasteiger partial charge in [-0.2, -0.15) is 0 Å². The molecule has 2 aromatic carbocycles. The Labute approximate surface area is 121 Å². The molecular formula is C14H14ClN3O2. The number of nitrogens with one attached hydrogen (secondary N) is 2. The summed E-state index contributed by atoms with van der Waals surface area (Å²) in [5.74, 6) is 0. The summed E-state index contributed by atoms with van der Waals surface area (Å²) in [6.07, 6.45) is 0. The molecule has 0 aliphatic heterocycles. The molecule has 5 nitrogen and oxygen atoms in total. The normalized spacial score (nSPS) is 10.1. The van der Waals surface area contributed by atoms with Crippen LogP contribution >= 0.6 is 11.6 Å². The van der Waals surface area contributed by atoms with Crippen LogP contribution in [0.25, 0.3) is 0 Å². The van der Waals surface area contributed by atoms with Crippen LogP contribution in [0.1, 0.15) is 6.92 Å². The lowest BCUT2D eigenvalue weighted by Gasteiger charge is -2.10. The predicted octanol–water partition coefficient (Wildman–Crippen LogP) is 4.42. The van der Waals surface area contributed by atoms with Crippen molar-refractivity contribution in [3.05, 3.63) is 57.6 Å². The number of nitro benzene ring substituents is 1. The number of halogens is 1. The van der Waals surface area contributed by atoms with E-state index in [1.54, 1.807) is 12.1 Å². The van der Waals surface area contributed by atoms with Crippen LogP contribution in [0.4, 0.5) is 22.7 Å². The van der Waals surface area contributed by atoms with E-state index in [4.69, 9.17) is 11.6 Å². The SMILES string of the molecule is CCNc1cc(Nc2ccccc2Cl)cc([N+](=O)[O-])c1. The van der Waals surface area contributed by atoms with Crippen LogP contribution in [-0.2, 0) is 0 Å². The van der Waals surface area contributed by atoms with Crippen LogP contribution in [0, 0.1) is 10.1 Å². The number of hydrogen-bond acceptors (Lipinski definition) is 4. The smallest absolute Gasteiger partial charge is 0.273 e. The van der Waals surface area contributed by atoms with Crippen molar-refractivity contribution in [1.82, 2.24) is 0 Å². The molecule has 0 fully saturated rings. The van der Waals surface area contributed by atoms with Crippen LogP contribution in [0.15, 0.2) is 42.5 Å². The average molecular weight is 292 g/mol. The highest BCUT2D eigenvalue weighted by Crippen LogP contribution is 2.29. The first-order valence-corrected chi connectivity index (χ1v) is 6.53. The molecule has 6 heteroatoms. The first-order chi connectivity index (χ1) is 9.60. The monoisotopic (exact) mass is 291 g/mol. The molecule has 0 heterocycles. The van der Waals surface area contributed by atoms with Gasteiger partial charge < -0.3 is 10.6 Å². The molecule has 2 rings (SSSR count). The van der Waals surface area contributed by atoms with Crippen molar-refractivity contribution >= 4 is 34.4 Å². The van der Waals surface area contributed by atoms with Gasteiger partial charge in [0.25, 0.3) is 5.69 Å². The van der Waals surface area contributed by atoms with E-state index in [2.05, 4.69) is 10.6 Å². The Morgan fingerprint density at radius 2 is 1.90 bits per heavy atom. The van der Waals surface area contributed by atoms with Gasteiger partial charge in [-0.1, -0.05) is 23.7 Å². The lowest BCUT2D eigenvalue weighted by atomic mass is 10.2. The number of nitrogens with zero attached hydrogens (tertiary/aromatic N) is 1. The second-order valence-corrected chi connectivity index (χ2v) is 4.57. The molecule has 0 bridgehead atoms. The van der Waals surface area contributed by atoms with Crippen molar-refractivity contribution in [2.24, 2.45) is 0 Å². The minimum atomic E-state index is -0.418. The standard InChI is InChI=1S/C14H14ClN3O2/c1-2-16-10-7-11(9-12(8-10)18(19)20)17-14-6-4-3-5-13(14)15/h3-9,16-17H,2H2,1H3. The summed E-state index contributed by atoms with van der Waals surface area (Å²) < 4.78 is 0. The predicted molar refractivity (Wildman–Crippen MR) is 82.0 cm³/mol. The minimum Gasteiger partial charge on any atom is -0.385 e. The van der Waals surface area contributed by atoms with E-state index < -0.39 is 4.92 Å². The van der Waals surface area contributed by atoms with E-state index in [1.165, 1.54) is 12.1 Å². The first kappa shape index (κ1) is 14.1. The third-order valence-electron chi connectivity index (χ3n) is 2.66. The third-order valence-corrected chi connectivity index (χ3v) is 2.99. The Kier molecular flexibility index (Phi) is 4.42. The summed E-state index contributed by atoms with van der Waals surface area (Å²) in [6, 6.07) is 12.0.